The average molecular weight is 406 g/mol. The van der Waals surface area contributed by atoms with E-state index in [2.05, 4.69) is 46.1 Å². The van der Waals surface area contributed by atoms with Gasteiger partial charge in [0, 0.05) is 24.7 Å². The second-order valence-corrected chi connectivity index (χ2v) is 8.51. The second kappa shape index (κ2) is 7.37. The quantitative estimate of drug-likeness (QED) is 0.687. The van der Waals surface area contributed by atoms with E-state index < -0.39 is 0 Å². The maximum absolute atomic E-state index is 6.05. The third-order valence-electron chi connectivity index (χ3n) is 6.13. The summed E-state index contributed by atoms with van der Waals surface area (Å²) in [5, 5.41) is 4.39. The molecule has 2 aromatic heterocycles. The maximum Gasteiger partial charge on any atom is 0.263 e. The zero-order chi connectivity index (χ0) is 20.8. The van der Waals surface area contributed by atoms with Crippen molar-refractivity contribution in [2.45, 2.75) is 44.8 Å². The van der Waals surface area contributed by atoms with Gasteiger partial charge in [-0.2, -0.15) is 5.10 Å². The predicted molar refractivity (Wildman–Crippen MR) is 115 cm³/mol. The molecule has 1 saturated carbocycles. The summed E-state index contributed by atoms with van der Waals surface area (Å²) in [6.45, 7) is 4.20. The van der Waals surface area contributed by atoms with E-state index in [4.69, 9.17) is 16.2 Å². The lowest BCUT2D eigenvalue weighted by Crippen LogP contribution is -2.37. The lowest BCUT2D eigenvalue weighted by atomic mass is 9.88. The van der Waals surface area contributed by atoms with E-state index in [1.807, 2.05) is 10.9 Å². The molecule has 0 saturated heterocycles. The van der Waals surface area contributed by atoms with E-state index >= 15 is 0 Å². The van der Waals surface area contributed by atoms with E-state index in [0.717, 1.165) is 43.6 Å². The second-order valence-electron chi connectivity index (χ2n) is 8.51. The number of aryl methyl sites for hydroxylation is 1. The highest BCUT2D eigenvalue weighted by molar-refractivity contribution is 5.64. The monoisotopic (exact) mass is 405 g/mol. The van der Waals surface area contributed by atoms with E-state index in [-0.39, 0.29) is 11.9 Å². The fourth-order valence-electron chi connectivity index (χ4n) is 4.34. The summed E-state index contributed by atoms with van der Waals surface area (Å²) in [5.41, 5.74) is 17.8. The Morgan fingerprint density at radius 2 is 2.03 bits per heavy atom. The van der Waals surface area contributed by atoms with Crippen LogP contribution in [0.4, 0.5) is 5.82 Å². The molecule has 0 spiro atoms. The number of anilines is 1. The van der Waals surface area contributed by atoms with Crippen LogP contribution in [-0.4, -0.2) is 44.3 Å². The minimum absolute atomic E-state index is 0.256. The Kier molecular flexibility index (Phi) is 4.67. The molecular weight excluding hydrogens is 378 g/mol. The van der Waals surface area contributed by atoms with Gasteiger partial charge in [-0.1, -0.05) is 0 Å². The molecule has 1 aliphatic heterocycles. The van der Waals surface area contributed by atoms with Gasteiger partial charge < -0.3 is 21.1 Å². The van der Waals surface area contributed by atoms with Crippen molar-refractivity contribution in [1.29, 1.82) is 0 Å². The van der Waals surface area contributed by atoms with Crippen LogP contribution in [0.1, 0.15) is 35.6 Å². The fourth-order valence-corrected chi connectivity index (χ4v) is 4.34. The number of rotatable bonds is 4. The molecule has 1 fully saturated rings. The normalized spacial score (nSPS) is 21.2. The number of nitrogens with two attached hydrogens (primary N) is 2. The number of ether oxygens (including phenoxy) is 1. The van der Waals surface area contributed by atoms with Gasteiger partial charge in [-0.15, -0.1) is 0 Å². The Morgan fingerprint density at radius 1 is 1.20 bits per heavy atom. The number of nitrogen functional groups attached to an aromatic ring is 1. The Morgan fingerprint density at radius 3 is 2.83 bits per heavy atom. The molecule has 3 heterocycles. The van der Waals surface area contributed by atoms with Crippen molar-refractivity contribution in [2.75, 3.05) is 19.3 Å². The van der Waals surface area contributed by atoms with Crippen molar-refractivity contribution in [3.05, 3.63) is 47.4 Å². The topological polar surface area (TPSA) is 108 Å². The number of hydrogen-bond donors (Lipinski definition) is 2. The first-order valence-electron chi connectivity index (χ1n) is 10.4. The van der Waals surface area contributed by atoms with E-state index in [0.29, 0.717) is 17.7 Å². The zero-order valence-electron chi connectivity index (χ0n) is 17.4. The van der Waals surface area contributed by atoms with Crippen molar-refractivity contribution >= 4 is 5.82 Å². The summed E-state index contributed by atoms with van der Waals surface area (Å²) in [7, 11) is 2.15. The molecule has 4 N–H and O–H groups in total. The van der Waals surface area contributed by atoms with E-state index in [1.54, 1.807) is 12.4 Å². The smallest absolute Gasteiger partial charge is 0.263 e. The summed E-state index contributed by atoms with van der Waals surface area (Å²) in [6.07, 6.45) is 8.20. The first kappa shape index (κ1) is 19.0. The van der Waals surface area contributed by atoms with Crippen LogP contribution in [0.5, 0.6) is 11.6 Å². The van der Waals surface area contributed by atoms with Crippen LogP contribution in [0.25, 0.3) is 11.3 Å². The lowest BCUT2D eigenvalue weighted by molar-refractivity contribution is 0.247. The van der Waals surface area contributed by atoms with Crippen LogP contribution in [0.15, 0.2) is 30.7 Å². The van der Waals surface area contributed by atoms with Gasteiger partial charge in [-0.25, -0.2) is 9.97 Å². The molecule has 156 valence electrons. The minimum Gasteiger partial charge on any atom is -0.433 e. The van der Waals surface area contributed by atoms with Crippen LogP contribution in [0.3, 0.4) is 0 Å². The Labute approximate surface area is 175 Å². The lowest BCUT2D eigenvalue weighted by Gasteiger charge is -2.32. The number of benzene rings is 1. The first-order valence-corrected chi connectivity index (χ1v) is 10.4. The number of aromatic nitrogens is 4. The first-order chi connectivity index (χ1) is 14.5. The largest absolute Gasteiger partial charge is 0.433 e. The molecule has 1 aliphatic carbocycles. The van der Waals surface area contributed by atoms with Crippen molar-refractivity contribution in [3.63, 3.8) is 0 Å². The molecular formula is C22H27N7O. The van der Waals surface area contributed by atoms with Crippen LogP contribution < -0.4 is 16.2 Å². The fraction of sp³-hybridized carbons (Fsp3) is 0.409. The third kappa shape index (κ3) is 3.53. The SMILES string of the molecule is Cc1cc(-c2cnc(N)c(Oc3cnn(C4CC(N)C4)c3)n2)cc2c1CCN(C)C2. The van der Waals surface area contributed by atoms with E-state index in [1.165, 1.54) is 16.7 Å². The predicted octanol–water partition coefficient (Wildman–Crippen LogP) is 2.67. The van der Waals surface area contributed by atoms with Gasteiger partial charge in [0.2, 0.25) is 0 Å². The summed E-state index contributed by atoms with van der Waals surface area (Å²) >= 11 is 0. The van der Waals surface area contributed by atoms with Crippen LogP contribution in [-0.2, 0) is 13.0 Å². The molecule has 0 bridgehead atoms. The van der Waals surface area contributed by atoms with Gasteiger partial charge in [-0.05, 0) is 62.1 Å². The van der Waals surface area contributed by atoms with Gasteiger partial charge in [0.05, 0.1) is 30.3 Å². The molecule has 30 heavy (non-hydrogen) atoms. The number of fused-ring (bicyclic) bond motifs is 1. The summed E-state index contributed by atoms with van der Waals surface area (Å²) < 4.78 is 7.83. The van der Waals surface area contributed by atoms with Crippen molar-refractivity contribution in [3.8, 4) is 22.9 Å². The summed E-state index contributed by atoms with van der Waals surface area (Å²) in [4.78, 5) is 11.3. The standard InChI is InChI=1S/C22H27N7O/c1-13-5-14(6-15-11-28(2)4-3-19(13)15)20-10-25-21(24)22(27-20)30-18-9-26-29(12-18)17-7-16(23)8-17/h5-6,9-10,12,16-17H,3-4,7-8,11,23H2,1-2H3,(H2,24,25). The third-order valence-corrected chi connectivity index (χ3v) is 6.13. The highest BCUT2D eigenvalue weighted by atomic mass is 16.5. The Hall–Kier alpha value is -2.97. The highest BCUT2D eigenvalue weighted by Crippen LogP contribution is 2.33. The number of likely N-dealkylation sites (N-methyl/N-ethyl adjacent to an activating group) is 1. The van der Waals surface area contributed by atoms with Gasteiger partial charge in [-0.3, -0.25) is 4.68 Å². The van der Waals surface area contributed by atoms with Gasteiger partial charge in [0.1, 0.15) is 0 Å². The maximum atomic E-state index is 6.05. The van der Waals surface area contributed by atoms with Crippen LogP contribution >= 0.6 is 0 Å². The molecule has 8 heteroatoms. The van der Waals surface area contributed by atoms with Gasteiger partial charge in [0.25, 0.3) is 5.88 Å². The van der Waals surface area contributed by atoms with Crippen LogP contribution in [0, 0.1) is 6.92 Å². The molecule has 0 radical (unpaired) electrons. The average Bonchev–Trinajstić information content (AvgIpc) is 3.14. The molecule has 1 aromatic carbocycles. The molecule has 5 rings (SSSR count). The van der Waals surface area contributed by atoms with Crippen molar-refractivity contribution < 1.29 is 4.74 Å². The van der Waals surface area contributed by atoms with E-state index in [9.17, 15) is 0 Å². The Bertz CT molecular complexity index is 1090. The summed E-state index contributed by atoms with van der Waals surface area (Å²) in [6, 6.07) is 4.98. The molecule has 8 nitrogen and oxygen atoms in total. The van der Waals surface area contributed by atoms with Gasteiger partial charge >= 0.3 is 0 Å². The number of hydrogen-bond acceptors (Lipinski definition) is 7. The van der Waals surface area contributed by atoms with Gasteiger partial charge in [0.15, 0.2) is 11.6 Å². The molecule has 0 amide bonds. The highest BCUT2D eigenvalue weighted by Gasteiger charge is 2.28. The molecule has 3 aromatic rings. The Balaban J connectivity index is 1.41. The number of nitrogens with zero attached hydrogens (tertiary/aromatic N) is 5. The minimum atomic E-state index is 0.256. The van der Waals surface area contributed by atoms with Crippen molar-refractivity contribution in [2.24, 2.45) is 5.73 Å². The zero-order valence-corrected chi connectivity index (χ0v) is 17.4. The van der Waals surface area contributed by atoms with Crippen LogP contribution in [0.2, 0.25) is 0 Å². The molecule has 0 atom stereocenters. The molecule has 2 aliphatic rings. The summed E-state index contributed by atoms with van der Waals surface area (Å²) in [5.74, 6) is 1.15. The van der Waals surface area contributed by atoms with Crippen molar-refractivity contribution in [1.82, 2.24) is 24.6 Å². The molecule has 0 unspecified atom stereocenters.